The van der Waals surface area contributed by atoms with Crippen LogP contribution >= 0.6 is 23.2 Å². The van der Waals surface area contributed by atoms with Gasteiger partial charge in [0.1, 0.15) is 12.6 Å². The molecule has 0 saturated carbocycles. The monoisotopic (exact) mass is 623 g/mol. The molecular formula is C32H31Cl2N3O4S. The molecule has 4 rings (SSSR count). The number of nitrogens with one attached hydrogen (secondary N) is 1. The maximum atomic E-state index is 14.3. The number of carbonyl (C=O) groups excluding carboxylic acids is 2. The number of aryl methyl sites for hydroxylation is 1. The van der Waals surface area contributed by atoms with Crippen molar-refractivity contribution < 1.29 is 18.0 Å². The second-order valence-electron chi connectivity index (χ2n) is 9.77. The number of rotatable bonds is 11. The van der Waals surface area contributed by atoms with Gasteiger partial charge in [-0.05, 0) is 72.1 Å². The molecule has 0 bridgehead atoms. The highest BCUT2D eigenvalue weighted by atomic mass is 35.5. The van der Waals surface area contributed by atoms with Crippen LogP contribution in [0.2, 0.25) is 10.0 Å². The van der Waals surface area contributed by atoms with Crippen molar-refractivity contribution in [3.8, 4) is 0 Å². The molecule has 1 atom stereocenters. The highest BCUT2D eigenvalue weighted by molar-refractivity contribution is 7.92. The first-order chi connectivity index (χ1) is 20.1. The van der Waals surface area contributed by atoms with Crippen LogP contribution in [0, 0.1) is 6.92 Å². The minimum atomic E-state index is -4.20. The summed E-state index contributed by atoms with van der Waals surface area (Å²) < 4.78 is 29.0. The van der Waals surface area contributed by atoms with E-state index in [4.69, 9.17) is 23.2 Å². The van der Waals surface area contributed by atoms with Gasteiger partial charge in [0, 0.05) is 30.1 Å². The lowest BCUT2D eigenvalue weighted by atomic mass is 10.0. The molecule has 0 heterocycles. The number of benzene rings is 4. The zero-order chi connectivity index (χ0) is 30.3. The Balaban J connectivity index is 1.78. The van der Waals surface area contributed by atoms with Crippen LogP contribution in [0.4, 0.5) is 5.69 Å². The van der Waals surface area contributed by atoms with Gasteiger partial charge in [-0.2, -0.15) is 0 Å². The molecular weight excluding hydrogens is 593 g/mol. The van der Waals surface area contributed by atoms with Crippen LogP contribution in [-0.4, -0.2) is 44.8 Å². The molecule has 1 N–H and O–H groups in total. The quantitative estimate of drug-likeness (QED) is 0.226. The van der Waals surface area contributed by atoms with Crippen LogP contribution < -0.4 is 9.62 Å². The van der Waals surface area contributed by atoms with Gasteiger partial charge < -0.3 is 10.2 Å². The van der Waals surface area contributed by atoms with E-state index in [9.17, 15) is 18.0 Å². The number of hydrogen-bond acceptors (Lipinski definition) is 4. The summed E-state index contributed by atoms with van der Waals surface area (Å²) in [4.78, 5) is 29.0. The van der Waals surface area contributed by atoms with E-state index in [1.54, 1.807) is 42.5 Å². The molecule has 4 aromatic rings. The molecule has 42 heavy (non-hydrogen) atoms. The summed E-state index contributed by atoms with van der Waals surface area (Å²) >= 11 is 12.1. The molecule has 218 valence electrons. The van der Waals surface area contributed by atoms with Gasteiger partial charge in [-0.3, -0.25) is 13.9 Å². The van der Waals surface area contributed by atoms with E-state index in [0.29, 0.717) is 15.7 Å². The van der Waals surface area contributed by atoms with Crippen molar-refractivity contribution in [3.63, 3.8) is 0 Å². The van der Waals surface area contributed by atoms with E-state index >= 15 is 0 Å². The SMILES string of the molecule is CNC(=O)[C@@H](Cc1ccccc1)N(Cc1ccc(Cl)cc1)C(=O)CN(c1cccc(C)c1)S(=O)(=O)c1ccc(Cl)cc1. The zero-order valence-corrected chi connectivity index (χ0v) is 25.5. The van der Waals surface area contributed by atoms with Crippen LogP contribution in [0.5, 0.6) is 0 Å². The summed E-state index contributed by atoms with van der Waals surface area (Å²) in [6.45, 7) is 1.36. The van der Waals surface area contributed by atoms with Crippen LogP contribution in [0.25, 0.3) is 0 Å². The van der Waals surface area contributed by atoms with E-state index in [1.165, 1.54) is 36.2 Å². The predicted octanol–water partition coefficient (Wildman–Crippen LogP) is 5.88. The molecule has 0 unspecified atom stereocenters. The standard InChI is InChI=1S/C32H31Cl2N3O4S/c1-23-7-6-10-28(19-23)37(42(40,41)29-17-15-27(34)16-18-29)22-31(38)36(21-25-11-13-26(33)14-12-25)30(32(39)35-2)20-24-8-4-3-5-9-24/h3-19,30H,20-22H2,1-2H3,(H,35,39)/t30-/m1/s1. The molecule has 0 aromatic heterocycles. The Labute approximate surface area is 256 Å². The maximum absolute atomic E-state index is 14.3. The average molecular weight is 625 g/mol. The lowest BCUT2D eigenvalue weighted by molar-refractivity contribution is -0.139. The lowest BCUT2D eigenvalue weighted by Gasteiger charge is -2.33. The number of halogens is 2. The Morgan fingerprint density at radius 3 is 2.02 bits per heavy atom. The number of nitrogens with zero attached hydrogens (tertiary/aromatic N) is 2. The number of amides is 2. The minimum absolute atomic E-state index is 0.0161. The van der Waals surface area contributed by atoms with Gasteiger partial charge in [-0.25, -0.2) is 8.42 Å². The van der Waals surface area contributed by atoms with Gasteiger partial charge in [-0.1, -0.05) is 77.8 Å². The number of likely N-dealkylation sites (N-methyl/N-ethyl adjacent to an activating group) is 1. The summed E-state index contributed by atoms with van der Waals surface area (Å²) in [5.41, 5.74) is 2.73. The third-order valence-corrected chi connectivity index (χ3v) is 9.05. The molecule has 0 radical (unpaired) electrons. The number of anilines is 1. The molecule has 7 nitrogen and oxygen atoms in total. The van der Waals surface area contributed by atoms with Gasteiger partial charge in [0.2, 0.25) is 11.8 Å². The van der Waals surface area contributed by atoms with Crippen LogP contribution in [0.3, 0.4) is 0 Å². The molecule has 0 fully saturated rings. The Hall–Kier alpha value is -3.85. The summed E-state index contributed by atoms with van der Waals surface area (Å²) in [5.74, 6) is -0.919. The molecule has 0 aliphatic rings. The van der Waals surface area contributed by atoms with Gasteiger partial charge in [-0.15, -0.1) is 0 Å². The van der Waals surface area contributed by atoms with E-state index in [0.717, 1.165) is 21.0 Å². The Morgan fingerprint density at radius 1 is 0.810 bits per heavy atom. The van der Waals surface area contributed by atoms with Gasteiger partial charge in [0.15, 0.2) is 0 Å². The van der Waals surface area contributed by atoms with Gasteiger partial charge in [0.25, 0.3) is 10.0 Å². The smallest absolute Gasteiger partial charge is 0.264 e. The highest BCUT2D eigenvalue weighted by Gasteiger charge is 2.34. The van der Waals surface area contributed by atoms with Gasteiger partial charge >= 0.3 is 0 Å². The van der Waals surface area contributed by atoms with E-state index < -0.39 is 28.5 Å². The molecule has 4 aromatic carbocycles. The van der Waals surface area contributed by atoms with Crippen molar-refractivity contribution >= 4 is 50.7 Å². The van der Waals surface area contributed by atoms with E-state index in [-0.39, 0.29) is 23.8 Å². The summed E-state index contributed by atoms with van der Waals surface area (Å²) in [6.07, 6.45) is 0.230. The van der Waals surface area contributed by atoms with Crippen LogP contribution in [0.15, 0.2) is 108 Å². The summed E-state index contributed by atoms with van der Waals surface area (Å²) in [7, 11) is -2.69. The van der Waals surface area contributed by atoms with E-state index in [1.807, 2.05) is 43.3 Å². The third-order valence-electron chi connectivity index (χ3n) is 6.75. The Morgan fingerprint density at radius 2 is 1.43 bits per heavy atom. The fourth-order valence-electron chi connectivity index (χ4n) is 4.55. The van der Waals surface area contributed by atoms with Crippen molar-refractivity contribution in [2.45, 2.75) is 30.8 Å². The fourth-order valence-corrected chi connectivity index (χ4v) is 6.21. The zero-order valence-electron chi connectivity index (χ0n) is 23.2. The van der Waals surface area contributed by atoms with Crippen molar-refractivity contribution in [2.24, 2.45) is 0 Å². The lowest BCUT2D eigenvalue weighted by Crippen LogP contribution is -2.53. The largest absolute Gasteiger partial charge is 0.357 e. The molecule has 0 saturated heterocycles. The topological polar surface area (TPSA) is 86.8 Å². The fraction of sp³-hybridized carbons (Fsp3) is 0.188. The molecule has 0 aliphatic heterocycles. The molecule has 10 heteroatoms. The van der Waals surface area contributed by atoms with E-state index in [2.05, 4.69) is 5.32 Å². The number of hydrogen-bond donors (Lipinski definition) is 1. The van der Waals surface area contributed by atoms with Gasteiger partial charge in [0.05, 0.1) is 10.6 Å². The van der Waals surface area contributed by atoms with Crippen LogP contribution in [0.1, 0.15) is 16.7 Å². The van der Waals surface area contributed by atoms with Crippen LogP contribution in [-0.2, 0) is 32.6 Å². The maximum Gasteiger partial charge on any atom is 0.264 e. The number of carbonyl (C=O) groups is 2. The predicted molar refractivity (Wildman–Crippen MR) is 167 cm³/mol. The Kier molecular flexibility index (Phi) is 10.3. The third kappa shape index (κ3) is 7.70. The van der Waals surface area contributed by atoms with Crippen molar-refractivity contribution in [2.75, 3.05) is 17.9 Å². The first-order valence-corrected chi connectivity index (χ1v) is 15.4. The molecule has 2 amide bonds. The minimum Gasteiger partial charge on any atom is -0.357 e. The number of sulfonamides is 1. The normalized spacial score (nSPS) is 11.9. The van der Waals surface area contributed by atoms with Crippen molar-refractivity contribution in [3.05, 3.63) is 130 Å². The highest BCUT2D eigenvalue weighted by Crippen LogP contribution is 2.27. The van der Waals surface area contributed by atoms with Crippen molar-refractivity contribution in [1.29, 1.82) is 0 Å². The first-order valence-electron chi connectivity index (χ1n) is 13.2. The molecule has 0 aliphatic carbocycles. The summed E-state index contributed by atoms with van der Waals surface area (Å²) in [6, 6.07) is 28.1. The van der Waals surface area contributed by atoms with Crippen molar-refractivity contribution in [1.82, 2.24) is 10.2 Å². The molecule has 0 spiro atoms. The second kappa shape index (κ2) is 13.9. The Bertz CT molecular complexity index is 1630. The second-order valence-corrected chi connectivity index (χ2v) is 12.5. The summed E-state index contributed by atoms with van der Waals surface area (Å²) in [5, 5.41) is 3.59. The average Bonchev–Trinajstić information content (AvgIpc) is 2.98. The first kappa shape index (κ1) is 31.1.